The lowest BCUT2D eigenvalue weighted by molar-refractivity contribution is -0.385. The Morgan fingerprint density at radius 2 is 2.00 bits per heavy atom. The van der Waals surface area contributed by atoms with E-state index in [0.717, 1.165) is 5.56 Å². The molecule has 0 aliphatic rings. The molecule has 0 spiro atoms. The quantitative estimate of drug-likeness (QED) is 0.633. The standard InChI is InChI=1S/C16H14N2O3/c1-11-7-16(12(2)6-15(11)18(19)20)21-10-14-5-3-4-13(8-14)9-17/h3-8H,10H2,1-2H3. The second kappa shape index (κ2) is 6.06. The third-order valence-corrected chi connectivity index (χ3v) is 3.14. The summed E-state index contributed by atoms with van der Waals surface area (Å²) in [5.41, 5.74) is 2.82. The first-order chi connectivity index (χ1) is 10.0. The largest absolute Gasteiger partial charge is 0.489 e. The Labute approximate surface area is 122 Å². The van der Waals surface area contributed by atoms with Crippen molar-refractivity contribution in [3.63, 3.8) is 0 Å². The summed E-state index contributed by atoms with van der Waals surface area (Å²) in [5.74, 6) is 0.612. The van der Waals surface area contributed by atoms with Gasteiger partial charge in [0.25, 0.3) is 5.69 Å². The van der Waals surface area contributed by atoms with Gasteiger partial charge in [0.05, 0.1) is 16.6 Å². The third-order valence-electron chi connectivity index (χ3n) is 3.14. The zero-order valence-electron chi connectivity index (χ0n) is 11.8. The van der Waals surface area contributed by atoms with Gasteiger partial charge in [-0.2, -0.15) is 5.26 Å². The van der Waals surface area contributed by atoms with Crippen molar-refractivity contribution in [3.8, 4) is 11.8 Å². The van der Waals surface area contributed by atoms with E-state index in [0.29, 0.717) is 29.0 Å². The van der Waals surface area contributed by atoms with Crippen LogP contribution >= 0.6 is 0 Å². The SMILES string of the molecule is Cc1cc([N+](=O)[O-])c(C)cc1OCc1cccc(C#N)c1. The van der Waals surface area contributed by atoms with Crippen molar-refractivity contribution in [3.05, 3.63) is 68.8 Å². The van der Waals surface area contributed by atoms with E-state index >= 15 is 0 Å². The average Bonchev–Trinajstić information content (AvgIpc) is 2.47. The molecule has 106 valence electrons. The molecule has 0 radical (unpaired) electrons. The highest BCUT2D eigenvalue weighted by molar-refractivity contribution is 5.49. The molecule has 2 aromatic carbocycles. The van der Waals surface area contributed by atoms with E-state index in [9.17, 15) is 10.1 Å². The molecule has 0 aliphatic carbocycles. The van der Waals surface area contributed by atoms with E-state index in [4.69, 9.17) is 10.00 Å². The van der Waals surface area contributed by atoms with E-state index < -0.39 is 4.92 Å². The molecule has 2 aromatic rings. The molecular weight excluding hydrogens is 268 g/mol. The number of aryl methyl sites for hydroxylation is 2. The van der Waals surface area contributed by atoms with Crippen LogP contribution in [0.2, 0.25) is 0 Å². The first-order valence-corrected chi connectivity index (χ1v) is 6.38. The Kier molecular flexibility index (Phi) is 4.19. The van der Waals surface area contributed by atoms with Gasteiger partial charge in [-0.25, -0.2) is 0 Å². The molecule has 0 N–H and O–H groups in total. The van der Waals surface area contributed by atoms with Crippen molar-refractivity contribution in [2.75, 3.05) is 0 Å². The van der Waals surface area contributed by atoms with Gasteiger partial charge in [-0.05, 0) is 43.2 Å². The van der Waals surface area contributed by atoms with Crippen molar-refractivity contribution in [2.45, 2.75) is 20.5 Å². The number of nitrogens with zero attached hydrogens (tertiary/aromatic N) is 2. The summed E-state index contributed by atoms with van der Waals surface area (Å²) in [7, 11) is 0. The highest BCUT2D eigenvalue weighted by Crippen LogP contribution is 2.28. The van der Waals surface area contributed by atoms with Crippen molar-refractivity contribution < 1.29 is 9.66 Å². The van der Waals surface area contributed by atoms with Crippen LogP contribution in [0.1, 0.15) is 22.3 Å². The van der Waals surface area contributed by atoms with Crippen LogP contribution in [-0.4, -0.2) is 4.92 Å². The molecular formula is C16H14N2O3. The van der Waals surface area contributed by atoms with Gasteiger partial charge in [0.2, 0.25) is 0 Å². The number of nitro groups is 1. The Balaban J connectivity index is 2.19. The summed E-state index contributed by atoms with van der Waals surface area (Å²) in [6, 6.07) is 12.4. The fourth-order valence-corrected chi connectivity index (χ4v) is 2.02. The predicted molar refractivity (Wildman–Crippen MR) is 78.1 cm³/mol. The number of rotatable bonds is 4. The first kappa shape index (κ1) is 14.5. The number of ether oxygens (including phenoxy) is 1. The molecule has 0 bridgehead atoms. The Morgan fingerprint density at radius 1 is 1.24 bits per heavy atom. The molecule has 5 heteroatoms. The van der Waals surface area contributed by atoms with Gasteiger partial charge in [0, 0.05) is 11.6 Å². The van der Waals surface area contributed by atoms with Gasteiger partial charge in [-0.1, -0.05) is 12.1 Å². The fourth-order valence-electron chi connectivity index (χ4n) is 2.02. The lowest BCUT2D eigenvalue weighted by atomic mass is 10.1. The minimum Gasteiger partial charge on any atom is -0.489 e. The number of nitriles is 1. The average molecular weight is 282 g/mol. The zero-order valence-corrected chi connectivity index (χ0v) is 11.8. The second-order valence-corrected chi connectivity index (χ2v) is 4.76. The summed E-state index contributed by atoms with van der Waals surface area (Å²) in [6.07, 6.45) is 0. The Morgan fingerprint density at radius 3 is 2.67 bits per heavy atom. The van der Waals surface area contributed by atoms with Crippen molar-refractivity contribution in [1.82, 2.24) is 0 Å². The highest BCUT2D eigenvalue weighted by atomic mass is 16.6. The van der Waals surface area contributed by atoms with Crippen molar-refractivity contribution in [1.29, 1.82) is 5.26 Å². The van der Waals surface area contributed by atoms with Gasteiger partial charge in [-0.3, -0.25) is 10.1 Å². The maximum Gasteiger partial charge on any atom is 0.272 e. The first-order valence-electron chi connectivity index (χ1n) is 6.38. The summed E-state index contributed by atoms with van der Waals surface area (Å²) >= 11 is 0. The highest BCUT2D eigenvalue weighted by Gasteiger charge is 2.14. The topological polar surface area (TPSA) is 76.2 Å². The number of nitro benzene ring substituents is 1. The molecule has 0 aromatic heterocycles. The molecule has 0 saturated heterocycles. The van der Waals surface area contributed by atoms with Gasteiger partial charge in [0.15, 0.2) is 0 Å². The molecule has 0 amide bonds. The van der Waals surface area contributed by atoms with Gasteiger partial charge in [-0.15, -0.1) is 0 Å². The summed E-state index contributed by atoms with van der Waals surface area (Å²) in [4.78, 5) is 10.5. The van der Waals surface area contributed by atoms with Crippen LogP contribution in [0, 0.1) is 35.3 Å². The van der Waals surface area contributed by atoms with Gasteiger partial charge in [0.1, 0.15) is 12.4 Å². The number of benzene rings is 2. The number of hydrogen-bond acceptors (Lipinski definition) is 4. The van der Waals surface area contributed by atoms with Crippen LogP contribution in [-0.2, 0) is 6.61 Å². The fraction of sp³-hybridized carbons (Fsp3) is 0.188. The molecule has 21 heavy (non-hydrogen) atoms. The zero-order chi connectivity index (χ0) is 15.4. The smallest absolute Gasteiger partial charge is 0.272 e. The normalized spacial score (nSPS) is 9.95. The lowest BCUT2D eigenvalue weighted by Crippen LogP contribution is -2.00. The van der Waals surface area contributed by atoms with E-state index in [1.807, 2.05) is 6.07 Å². The summed E-state index contributed by atoms with van der Waals surface area (Å²) < 4.78 is 5.71. The van der Waals surface area contributed by atoms with E-state index in [1.54, 1.807) is 38.1 Å². The van der Waals surface area contributed by atoms with E-state index in [2.05, 4.69) is 6.07 Å². The van der Waals surface area contributed by atoms with Crippen molar-refractivity contribution >= 4 is 5.69 Å². The molecule has 0 atom stereocenters. The Bertz CT molecular complexity index is 733. The maximum atomic E-state index is 10.9. The van der Waals surface area contributed by atoms with Gasteiger partial charge < -0.3 is 4.74 Å². The molecule has 2 rings (SSSR count). The van der Waals surface area contributed by atoms with Crippen molar-refractivity contribution in [2.24, 2.45) is 0 Å². The maximum absolute atomic E-state index is 10.9. The molecule has 0 saturated carbocycles. The lowest BCUT2D eigenvalue weighted by Gasteiger charge is -2.10. The Hall–Kier alpha value is -2.87. The third kappa shape index (κ3) is 3.37. The minimum absolute atomic E-state index is 0.0892. The van der Waals surface area contributed by atoms with E-state index in [1.165, 1.54) is 6.07 Å². The molecule has 0 heterocycles. The van der Waals surface area contributed by atoms with Crippen LogP contribution in [0.5, 0.6) is 5.75 Å². The molecule has 0 aliphatic heterocycles. The van der Waals surface area contributed by atoms with E-state index in [-0.39, 0.29) is 5.69 Å². The van der Waals surface area contributed by atoms with Crippen LogP contribution in [0.3, 0.4) is 0 Å². The number of hydrogen-bond donors (Lipinski definition) is 0. The summed E-state index contributed by atoms with van der Waals surface area (Å²) in [5, 5.41) is 19.7. The van der Waals surface area contributed by atoms with Crippen LogP contribution in [0.25, 0.3) is 0 Å². The van der Waals surface area contributed by atoms with Crippen LogP contribution in [0.4, 0.5) is 5.69 Å². The second-order valence-electron chi connectivity index (χ2n) is 4.76. The predicted octanol–water partition coefficient (Wildman–Crippen LogP) is 3.66. The monoisotopic (exact) mass is 282 g/mol. The van der Waals surface area contributed by atoms with Crippen LogP contribution in [0.15, 0.2) is 36.4 Å². The molecule has 0 fully saturated rings. The summed E-state index contributed by atoms with van der Waals surface area (Å²) in [6.45, 7) is 3.77. The van der Waals surface area contributed by atoms with Crippen LogP contribution < -0.4 is 4.74 Å². The molecule has 0 unspecified atom stereocenters. The molecule has 5 nitrogen and oxygen atoms in total. The minimum atomic E-state index is -0.400. The van der Waals surface area contributed by atoms with Gasteiger partial charge >= 0.3 is 0 Å².